The summed E-state index contributed by atoms with van der Waals surface area (Å²) in [6, 6.07) is 12.5. The Balaban J connectivity index is 2.07. The predicted octanol–water partition coefficient (Wildman–Crippen LogP) is 4.61. The smallest absolute Gasteiger partial charge is 0.273 e. The Bertz CT molecular complexity index is 824. The fraction of sp³-hybridized carbons (Fsp3) is 0.333. The first-order valence-corrected chi connectivity index (χ1v) is 9.54. The quantitative estimate of drug-likeness (QED) is 0.693. The zero-order chi connectivity index (χ0) is 20.2. The summed E-state index contributed by atoms with van der Waals surface area (Å²) >= 11 is 3.35. The molecule has 2 rings (SSSR count). The lowest BCUT2D eigenvalue weighted by Crippen LogP contribution is -2.41. The largest absolute Gasteiger partial charge is 0.490 e. The molecule has 2 aromatic carbocycles. The van der Waals surface area contributed by atoms with Crippen LogP contribution < -0.4 is 15.6 Å². The normalized spacial score (nSPS) is 11.2. The molecule has 0 aliphatic carbocycles. The van der Waals surface area contributed by atoms with Crippen LogP contribution in [0.2, 0.25) is 0 Å². The fourth-order valence-corrected chi connectivity index (χ4v) is 2.77. The second-order valence-electron chi connectivity index (χ2n) is 7.54. The molecule has 144 valence electrons. The zero-order valence-electron chi connectivity index (χ0n) is 16.2. The number of amides is 2. The summed E-state index contributed by atoms with van der Waals surface area (Å²) in [5.41, 5.74) is 6.84. The third kappa shape index (κ3) is 5.82. The van der Waals surface area contributed by atoms with Gasteiger partial charge in [0.2, 0.25) is 0 Å². The second kappa shape index (κ2) is 8.57. The van der Waals surface area contributed by atoms with Crippen LogP contribution in [0.15, 0.2) is 46.9 Å². The first-order chi connectivity index (χ1) is 12.6. The van der Waals surface area contributed by atoms with E-state index >= 15 is 0 Å². The summed E-state index contributed by atoms with van der Waals surface area (Å²) in [6.45, 7) is 10.1. The number of hydrogen-bond acceptors (Lipinski definition) is 3. The summed E-state index contributed by atoms with van der Waals surface area (Å²) in [5.74, 6) is -0.383. The van der Waals surface area contributed by atoms with Crippen molar-refractivity contribution in [1.29, 1.82) is 0 Å². The molecule has 0 heterocycles. The van der Waals surface area contributed by atoms with Crippen LogP contribution in [0.4, 0.5) is 0 Å². The van der Waals surface area contributed by atoms with Crippen molar-refractivity contribution in [2.45, 2.75) is 46.1 Å². The number of rotatable bonds is 4. The monoisotopic (exact) mass is 432 g/mol. The van der Waals surface area contributed by atoms with Crippen molar-refractivity contribution in [1.82, 2.24) is 10.9 Å². The Kier molecular flexibility index (Phi) is 6.65. The van der Waals surface area contributed by atoms with Crippen molar-refractivity contribution in [2.24, 2.45) is 0 Å². The molecule has 2 aromatic rings. The molecule has 0 bridgehead atoms. The van der Waals surface area contributed by atoms with E-state index in [4.69, 9.17) is 4.74 Å². The molecule has 0 atom stereocenters. The molecule has 0 saturated carbocycles. The molecular weight excluding hydrogens is 408 g/mol. The minimum atomic E-state index is -0.452. The maximum Gasteiger partial charge on any atom is 0.273 e. The molecule has 0 spiro atoms. The Morgan fingerprint density at radius 1 is 0.963 bits per heavy atom. The standard InChI is InChI=1S/C21H25BrN2O3/c1-13(2)27-18-11-10-16(22)12-17(18)20(26)24-23-19(25)14-6-8-15(9-7-14)21(3,4)5/h6-13H,1-5H3,(H,23,25)(H,24,26). The highest BCUT2D eigenvalue weighted by molar-refractivity contribution is 9.10. The van der Waals surface area contributed by atoms with Gasteiger partial charge in [0.05, 0.1) is 11.7 Å². The van der Waals surface area contributed by atoms with Crippen molar-refractivity contribution in [3.63, 3.8) is 0 Å². The van der Waals surface area contributed by atoms with E-state index in [1.165, 1.54) is 0 Å². The van der Waals surface area contributed by atoms with Crippen LogP contribution in [0.25, 0.3) is 0 Å². The van der Waals surface area contributed by atoms with E-state index in [1.807, 2.05) is 26.0 Å². The molecule has 6 heteroatoms. The van der Waals surface area contributed by atoms with Gasteiger partial charge in [-0.3, -0.25) is 20.4 Å². The summed E-state index contributed by atoms with van der Waals surface area (Å²) in [5, 5.41) is 0. The second-order valence-corrected chi connectivity index (χ2v) is 8.46. The highest BCUT2D eigenvalue weighted by Gasteiger charge is 2.17. The lowest BCUT2D eigenvalue weighted by atomic mass is 9.87. The van der Waals surface area contributed by atoms with Gasteiger partial charge in [-0.25, -0.2) is 0 Å². The van der Waals surface area contributed by atoms with Crippen molar-refractivity contribution in [3.05, 3.63) is 63.6 Å². The van der Waals surface area contributed by atoms with Gasteiger partial charge in [0, 0.05) is 10.0 Å². The maximum atomic E-state index is 12.5. The Morgan fingerprint density at radius 3 is 2.11 bits per heavy atom. The van der Waals surface area contributed by atoms with Gasteiger partial charge in [-0.15, -0.1) is 0 Å². The van der Waals surface area contributed by atoms with Gasteiger partial charge >= 0.3 is 0 Å². The third-order valence-electron chi connectivity index (χ3n) is 3.85. The summed E-state index contributed by atoms with van der Waals surface area (Å²) in [7, 11) is 0. The fourth-order valence-electron chi connectivity index (χ4n) is 2.41. The Hall–Kier alpha value is -2.34. The minimum absolute atomic E-state index is 0.0106. The van der Waals surface area contributed by atoms with Gasteiger partial charge in [-0.1, -0.05) is 48.8 Å². The average Bonchev–Trinajstić information content (AvgIpc) is 2.60. The first-order valence-electron chi connectivity index (χ1n) is 8.75. The van der Waals surface area contributed by atoms with E-state index in [0.717, 1.165) is 10.0 Å². The SMILES string of the molecule is CC(C)Oc1ccc(Br)cc1C(=O)NNC(=O)c1ccc(C(C)(C)C)cc1. The number of halogens is 1. The summed E-state index contributed by atoms with van der Waals surface area (Å²) < 4.78 is 6.41. The predicted molar refractivity (Wildman–Crippen MR) is 110 cm³/mol. The molecule has 5 nitrogen and oxygen atoms in total. The van der Waals surface area contributed by atoms with Gasteiger partial charge in [0.25, 0.3) is 11.8 Å². The molecule has 0 aromatic heterocycles. The topological polar surface area (TPSA) is 67.4 Å². The molecule has 0 fully saturated rings. The summed E-state index contributed by atoms with van der Waals surface area (Å²) in [6.07, 6.45) is -0.0753. The van der Waals surface area contributed by atoms with Gasteiger partial charge in [0.1, 0.15) is 5.75 Å². The minimum Gasteiger partial charge on any atom is -0.490 e. The number of nitrogens with one attached hydrogen (secondary N) is 2. The molecule has 0 radical (unpaired) electrons. The van der Waals surface area contributed by atoms with Crippen LogP contribution in [0, 0.1) is 0 Å². The number of ether oxygens (including phenoxy) is 1. The molecular formula is C21H25BrN2O3. The Labute approximate surface area is 168 Å². The average molecular weight is 433 g/mol. The van der Waals surface area contributed by atoms with Crippen LogP contribution in [0.5, 0.6) is 5.75 Å². The van der Waals surface area contributed by atoms with E-state index in [1.54, 1.807) is 30.3 Å². The van der Waals surface area contributed by atoms with Crippen LogP contribution in [0.1, 0.15) is 60.9 Å². The first kappa shape index (κ1) is 21.0. The molecule has 0 unspecified atom stereocenters. The van der Waals surface area contributed by atoms with Crippen molar-refractivity contribution in [3.8, 4) is 5.75 Å². The van der Waals surface area contributed by atoms with Crippen LogP contribution in [-0.2, 0) is 5.41 Å². The van der Waals surface area contributed by atoms with Crippen molar-refractivity contribution >= 4 is 27.7 Å². The van der Waals surface area contributed by atoms with Gasteiger partial charge in [0.15, 0.2) is 0 Å². The molecule has 2 N–H and O–H groups in total. The van der Waals surface area contributed by atoms with Crippen LogP contribution >= 0.6 is 15.9 Å². The number of carbonyl (C=O) groups is 2. The molecule has 0 saturated heterocycles. The number of hydrogen-bond donors (Lipinski definition) is 2. The van der Waals surface area contributed by atoms with E-state index in [9.17, 15) is 9.59 Å². The molecule has 0 aliphatic heterocycles. The Morgan fingerprint density at radius 2 is 1.56 bits per heavy atom. The number of benzene rings is 2. The van der Waals surface area contributed by atoms with Crippen molar-refractivity contribution < 1.29 is 14.3 Å². The lowest BCUT2D eigenvalue weighted by molar-refractivity contribution is 0.0843. The number of hydrazine groups is 1. The zero-order valence-corrected chi connectivity index (χ0v) is 17.8. The van der Waals surface area contributed by atoms with Gasteiger partial charge < -0.3 is 4.74 Å². The highest BCUT2D eigenvalue weighted by Crippen LogP contribution is 2.24. The third-order valence-corrected chi connectivity index (χ3v) is 4.34. The highest BCUT2D eigenvalue weighted by atomic mass is 79.9. The van der Waals surface area contributed by atoms with Crippen LogP contribution in [0.3, 0.4) is 0 Å². The molecule has 0 aliphatic rings. The van der Waals surface area contributed by atoms with Crippen molar-refractivity contribution in [2.75, 3.05) is 0 Å². The summed E-state index contributed by atoms with van der Waals surface area (Å²) in [4.78, 5) is 24.8. The van der Waals surface area contributed by atoms with Gasteiger partial charge in [-0.2, -0.15) is 0 Å². The van der Waals surface area contributed by atoms with Gasteiger partial charge in [-0.05, 0) is 55.2 Å². The van der Waals surface area contributed by atoms with E-state index < -0.39 is 5.91 Å². The number of carbonyl (C=O) groups excluding carboxylic acids is 2. The van der Waals surface area contributed by atoms with E-state index in [2.05, 4.69) is 47.6 Å². The van der Waals surface area contributed by atoms with E-state index in [-0.39, 0.29) is 17.4 Å². The maximum absolute atomic E-state index is 12.5. The molecule has 27 heavy (non-hydrogen) atoms. The van der Waals surface area contributed by atoms with E-state index in [0.29, 0.717) is 16.9 Å². The lowest BCUT2D eigenvalue weighted by Gasteiger charge is -2.19. The molecule has 2 amide bonds. The van der Waals surface area contributed by atoms with Crippen LogP contribution in [-0.4, -0.2) is 17.9 Å².